The summed E-state index contributed by atoms with van der Waals surface area (Å²) >= 11 is 0. The maximum absolute atomic E-state index is 11.4. The summed E-state index contributed by atoms with van der Waals surface area (Å²) < 4.78 is 0. The summed E-state index contributed by atoms with van der Waals surface area (Å²) in [7, 11) is 0. The van der Waals surface area contributed by atoms with E-state index in [9.17, 15) is 4.79 Å². The van der Waals surface area contributed by atoms with E-state index in [-0.39, 0.29) is 17.0 Å². The number of hydrogen-bond donors (Lipinski definition) is 2. The fourth-order valence-corrected chi connectivity index (χ4v) is 1.66. The average molecular weight is 232 g/mol. The van der Waals surface area contributed by atoms with Gasteiger partial charge in [-0.15, -0.1) is 0 Å². The number of pyridine rings is 1. The van der Waals surface area contributed by atoms with Crippen LogP contribution in [-0.4, -0.2) is 17.3 Å². The number of nitriles is 1. The number of Topliss-reactive ketones (excluding diaryl/α,β-unsaturated/α-hetero) is 1. The molecule has 0 saturated heterocycles. The Morgan fingerprint density at radius 2 is 2.24 bits per heavy atom. The molecular formula is C12H16N4O. The van der Waals surface area contributed by atoms with Gasteiger partial charge in [0.05, 0.1) is 16.9 Å². The topological polar surface area (TPSA) is 91.8 Å². The molecule has 5 nitrogen and oxygen atoms in total. The van der Waals surface area contributed by atoms with E-state index >= 15 is 0 Å². The molecule has 1 aromatic rings. The minimum Gasteiger partial charge on any atom is -0.397 e. The monoisotopic (exact) mass is 232 g/mol. The number of nitrogen functional groups attached to an aromatic ring is 1. The Labute approximate surface area is 101 Å². The number of anilines is 2. The first kappa shape index (κ1) is 13.0. The van der Waals surface area contributed by atoms with Crippen LogP contribution in [0.15, 0.2) is 0 Å². The molecule has 0 aliphatic heterocycles. The van der Waals surface area contributed by atoms with Crippen molar-refractivity contribution >= 4 is 17.3 Å². The van der Waals surface area contributed by atoms with E-state index in [1.165, 1.54) is 6.92 Å². The van der Waals surface area contributed by atoms with Crippen LogP contribution in [0.3, 0.4) is 0 Å². The lowest BCUT2D eigenvalue weighted by atomic mass is 10.0. The summed E-state index contributed by atoms with van der Waals surface area (Å²) in [5.41, 5.74) is 7.19. The van der Waals surface area contributed by atoms with Crippen LogP contribution in [0.5, 0.6) is 0 Å². The van der Waals surface area contributed by atoms with Crippen LogP contribution in [0.4, 0.5) is 11.5 Å². The minimum atomic E-state index is -0.175. The smallest absolute Gasteiger partial charge is 0.163 e. The fourth-order valence-electron chi connectivity index (χ4n) is 1.66. The molecule has 0 saturated carbocycles. The molecule has 0 amide bonds. The number of rotatable bonds is 4. The third-order valence-corrected chi connectivity index (χ3v) is 2.42. The third-order valence-electron chi connectivity index (χ3n) is 2.42. The van der Waals surface area contributed by atoms with Crippen molar-refractivity contribution in [3.63, 3.8) is 0 Å². The van der Waals surface area contributed by atoms with Gasteiger partial charge in [-0.2, -0.15) is 5.26 Å². The molecule has 0 atom stereocenters. The highest BCUT2D eigenvalue weighted by atomic mass is 16.1. The molecule has 0 aliphatic carbocycles. The zero-order valence-corrected chi connectivity index (χ0v) is 10.3. The van der Waals surface area contributed by atoms with Crippen LogP contribution in [0.1, 0.15) is 41.9 Å². The van der Waals surface area contributed by atoms with E-state index in [0.29, 0.717) is 23.6 Å². The standard InChI is InChI=1S/C12H16N4O/c1-4-5-15-12-9(6-13)11(14)10(8(3)17)7(2)16-12/h4-5H2,1-3H3,(H3,14,15,16). The Balaban J connectivity index is 3.37. The van der Waals surface area contributed by atoms with Crippen molar-refractivity contribution in [1.29, 1.82) is 5.26 Å². The number of carbonyl (C=O) groups excluding carboxylic acids is 1. The van der Waals surface area contributed by atoms with Crippen molar-refractivity contribution < 1.29 is 4.79 Å². The molecule has 1 rings (SSSR count). The highest BCUT2D eigenvalue weighted by Gasteiger charge is 2.17. The van der Waals surface area contributed by atoms with Gasteiger partial charge in [-0.25, -0.2) is 4.98 Å². The third kappa shape index (κ3) is 2.53. The minimum absolute atomic E-state index is 0.175. The fraction of sp³-hybridized carbons (Fsp3) is 0.417. The number of ketones is 1. The van der Waals surface area contributed by atoms with Gasteiger partial charge >= 0.3 is 0 Å². The molecule has 0 spiro atoms. The normalized spacial score (nSPS) is 9.76. The summed E-state index contributed by atoms with van der Waals surface area (Å²) in [4.78, 5) is 15.7. The second-order valence-corrected chi connectivity index (χ2v) is 3.80. The molecule has 0 aliphatic rings. The van der Waals surface area contributed by atoms with Crippen molar-refractivity contribution in [2.75, 3.05) is 17.6 Å². The summed E-state index contributed by atoms with van der Waals surface area (Å²) in [6, 6.07) is 1.99. The molecule has 0 fully saturated rings. The van der Waals surface area contributed by atoms with Gasteiger partial charge in [-0.1, -0.05) is 6.92 Å². The molecule has 0 radical (unpaired) electrons. The molecule has 1 aromatic heterocycles. The molecule has 17 heavy (non-hydrogen) atoms. The Kier molecular flexibility index (Phi) is 4.05. The van der Waals surface area contributed by atoms with Crippen molar-refractivity contribution in [2.45, 2.75) is 27.2 Å². The maximum atomic E-state index is 11.4. The Bertz CT molecular complexity index is 488. The number of carbonyl (C=O) groups is 1. The van der Waals surface area contributed by atoms with Gasteiger partial charge < -0.3 is 11.1 Å². The van der Waals surface area contributed by atoms with Gasteiger partial charge in [0.15, 0.2) is 5.78 Å². The predicted octanol–water partition coefficient (Wildman–Crippen LogP) is 1.87. The lowest BCUT2D eigenvalue weighted by Gasteiger charge is -2.12. The van der Waals surface area contributed by atoms with Crippen LogP contribution >= 0.6 is 0 Å². The first-order valence-corrected chi connectivity index (χ1v) is 5.47. The van der Waals surface area contributed by atoms with Crippen molar-refractivity contribution in [2.24, 2.45) is 0 Å². The number of aromatic nitrogens is 1. The molecule has 3 N–H and O–H groups in total. The highest BCUT2D eigenvalue weighted by Crippen LogP contribution is 2.26. The van der Waals surface area contributed by atoms with E-state index in [1.807, 2.05) is 13.0 Å². The predicted molar refractivity (Wildman–Crippen MR) is 66.9 cm³/mol. The van der Waals surface area contributed by atoms with Gasteiger partial charge in [0.25, 0.3) is 0 Å². The van der Waals surface area contributed by atoms with Crippen molar-refractivity contribution in [1.82, 2.24) is 4.98 Å². The average Bonchev–Trinajstić information content (AvgIpc) is 2.25. The Morgan fingerprint density at radius 3 is 2.71 bits per heavy atom. The summed E-state index contributed by atoms with van der Waals surface area (Å²) in [5.74, 6) is 0.278. The number of nitrogens with zero attached hydrogens (tertiary/aromatic N) is 2. The van der Waals surface area contributed by atoms with Gasteiger partial charge in [-0.3, -0.25) is 4.79 Å². The van der Waals surface area contributed by atoms with E-state index in [1.54, 1.807) is 6.92 Å². The largest absolute Gasteiger partial charge is 0.397 e. The van der Waals surface area contributed by atoms with Crippen LogP contribution in [0.25, 0.3) is 0 Å². The van der Waals surface area contributed by atoms with Gasteiger partial charge in [-0.05, 0) is 20.3 Å². The lowest BCUT2D eigenvalue weighted by Crippen LogP contribution is -2.12. The van der Waals surface area contributed by atoms with Crippen LogP contribution < -0.4 is 11.1 Å². The van der Waals surface area contributed by atoms with E-state index in [2.05, 4.69) is 10.3 Å². The lowest BCUT2D eigenvalue weighted by molar-refractivity contribution is 0.101. The SMILES string of the molecule is CCCNc1nc(C)c(C(C)=O)c(N)c1C#N. The van der Waals surface area contributed by atoms with Crippen LogP contribution in [0.2, 0.25) is 0 Å². The van der Waals surface area contributed by atoms with Crippen LogP contribution in [-0.2, 0) is 0 Å². The highest BCUT2D eigenvalue weighted by molar-refractivity contribution is 6.02. The molecular weight excluding hydrogens is 216 g/mol. The second kappa shape index (κ2) is 5.30. The molecule has 0 bridgehead atoms. The van der Waals surface area contributed by atoms with Crippen molar-refractivity contribution in [3.05, 3.63) is 16.8 Å². The van der Waals surface area contributed by atoms with Gasteiger partial charge in [0.1, 0.15) is 17.5 Å². The van der Waals surface area contributed by atoms with Gasteiger partial charge in [0.2, 0.25) is 0 Å². The van der Waals surface area contributed by atoms with E-state index in [4.69, 9.17) is 11.0 Å². The first-order valence-electron chi connectivity index (χ1n) is 5.47. The van der Waals surface area contributed by atoms with Crippen LogP contribution in [0, 0.1) is 18.3 Å². The van der Waals surface area contributed by atoms with Gasteiger partial charge in [0, 0.05) is 6.54 Å². The summed E-state index contributed by atoms with van der Waals surface area (Å²) in [6.07, 6.45) is 0.917. The second-order valence-electron chi connectivity index (χ2n) is 3.80. The molecule has 0 unspecified atom stereocenters. The van der Waals surface area contributed by atoms with E-state index < -0.39 is 0 Å². The number of nitrogens with one attached hydrogen (secondary N) is 1. The number of aryl methyl sites for hydroxylation is 1. The Hall–Kier alpha value is -2.09. The summed E-state index contributed by atoms with van der Waals surface area (Å²) in [5, 5.41) is 12.1. The number of hydrogen-bond acceptors (Lipinski definition) is 5. The first-order chi connectivity index (χ1) is 8.02. The summed E-state index contributed by atoms with van der Waals surface area (Å²) in [6.45, 7) is 5.85. The number of nitrogens with two attached hydrogens (primary N) is 1. The Morgan fingerprint density at radius 1 is 1.59 bits per heavy atom. The maximum Gasteiger partial charge on any atom is 0.163 e. The zero-order valence-electron chi connectivity index (χ0n) is 10.3. The molecule has 90 valence electrons. The molecule has 1 heterocycles. The quantitative estimate of drug-likeness (QED) is 0.773. The van der Waals surface area contributed by atoms with E-state index in [0.717, 1.165) is 6.42 Å². The van der Waals surface area contributed by atoms with Crippen molar-refractivity contribution in [3.8, 4) is 6.07 Å². The molecule has 0 aromatic carbocycles. The molecule has 5 heteroatoms. The zero-order chi connectivity index (χ0) is 13.0.